The number of hydrogen-bond donors (Lipinski definition) is 3. The van der Waals surface area contributed by atoms with Crippen LogP contribution in [0.5, 0.6) is 5.75 Å². The number of aromatic nitrogens is 1. The van der Waals surface area contributed by atoms with Crippen LogP contribution in [0.2, 0.25) is 15.2 Å². The Hall–Kier alpha value is -2.02. The molecule has 120 valence electrons. The Morgan fingerprint density at radius 3 is 2.43 bits per heavy atom. The topological polar surface area (TPSA) is 101 Å². The molecule has 0 unspecified atom stereocenters. The number of benzene rings is 1. The van der Waals surface area contributed by atoms with Gasteiger partial charge in [-0.1, -0.05) is 34.8 Å². The van der Waals surface area contributed by atoms with Gasteiger partial charge in [-0.15, -0.1) is 0 Å². The highest BCUT2D eigenvalue weighted by Gasteiger charge is 2.19. The lowest BCUT2D eigenvalue weighted by Gasteiger charge is -2.08. The van der Waals surface area contributed by atoms with Gasteiger partial charge in [-0.25, -0.2) is 10.4 Å². The number of amides is 1. The number of nitrogen functional groups attached to an aromatic ring is 1. The number of carbonyl (C=O) groups excluding carboxylic acids is 1. The Morgan fingerprint density at radius 2 is 1.83 bits per heavy atom. The molecule has 6 nitrogen and oxygen atoms in total. The summed E-state index contributed by atoms with van der Waals surface area (Å²) in [5.41, 5.74) is 8.99. The van der Waals surface area contributed by atoms with E-state index in [1.54, 1.807) is 19.1 Å². The molecule has 2 aromatic rings. The molecule has 0 saturated heterocycles. The third kappa shape index (κ3) is 3.85. The van der Waals surface area contributed by atoms with Crippen molar-refractivity contribution in [3.63, 3.8) is 0 Å². The van der Waals surface area contributed by atoms with Crippen LogP contribution in [0.1, 0.15) is 23.0 Å². The Labute approximate surface area is 146 Å². The number of nitrogens with zero attached hydrogens (tertiary/aromatic N) is 2. The third-order valence-corrected chi connectivity index (χ3v) is 4.03. The van der Waals surface area contributed by atoms with Gasteiger partial charge >= 0.3 is 0 Å². The molecule has 0 aliphatic heterocycles. The molecule has 0 aliphatic carbocycles. The predicted octanol–water partition coefficient (Wildman–Crippen LogP) is 3.48. The van der Waals surface area contributed by atoms with Crippen molar-refractivity contribution in [1.29, 1.82) is 0 Å². The first-order valence-corrected chi connectivity index (χ1v) is 7.38. The normalized spacial score (nSPS) is 11.4. The van der Waals surface area contributed by atoms with Gasteiger partial charge in [0, 0.05) is 0 Å². The van der Waals surface area contributed by atoms with Crippen LogP contribution in [-0.2, 0) is 0 Å². The van der Waals surface area contributed by atoms with Crippen LogP contribution in [0, 0.1) is 0 Å². The van der Waals surface area contributed by atoms with E-state index < -0.39 is 5.91 Å². The largest absolute Gasteiger partial charge is 0.508 e. The van der Waals surface area contributed by atoms with Gasteiger partial charge in [-0.05, 0) is 36.8 Å². The summed E-state index contributed by atoms with van der Waals surface area (Å²) in [7, 11) is 0. The molecule has 0 fully saturated rings. The van der Waals surface area contributed by atoms with Crippen LogP contribution in [0.4, 0.5) is 5.69 Å². The van der Waals surface area contributed by atoms with E-state index >= 15 is 0 Å². The number of hydrazone groups is 1. The molecule has 1 amide bonds. The third-order valence-electron chi connectivity index (χ3n) is 2.90. The number of halogens is 3. The molecule has 23 heavy (non-hydrogen) atoms. The second-order valence-corrected chi connectivity index (χ2v) is 5.59. The van der Waals surface area contributed by atoms with Gasteiger partial charge in [0.05, 0.1) is 16.4 Å². The van der Waals surface area contributed by atoms with Crippen LogP contribution in [-0.4, -0.2) is 21.7 Å². The minimum absolute atomic E-state index is 0.0167. The molecule has 1 heterocycles. The minimum atomic E-state index is -0.682. The molecule has 0 aliphatic rings. The maximum absolute atomic E-state index is 12.1. The van der Waals surface area contributed by atoms with E-state index in [1.807, 2.05) is 0 Å². The molecule has 2 rings (SSSR count). The average molecular weight is 374 g/mol. The molecule has 0 radical (unpaired) electrons. The quantitative estimate of drug-likeness (QED) is 0.435. The smallest absolute Gasteiger partial charge is 0.291 e. The number of phenols is 1. The fraction of sp³-hybridized carbons (Fsp3) is 0.0714. The zero-order valence-electron chi connectivity index (χ0n) is 11.8. The fourth-order valence-corrected chi connectivity index (χ4v) is 2.23. The van der Waals surface area contributed by atoms with Crippen molar-refractivity contribution < 1.29 is 9.90 Å². The van der Waals surface area contributed by atoms with Crippen molar-refractivity contribution in [2.75, 3.05) is 5.73 Å². The summed E-state index contributed by atoms with van der Waals surface area (Å²) >= 11 is 17.5. The molecule has 4 N–H and O–H groups in total. The number of anilines is 1. The maximum atomic E-state index is 12.1. The van der Waals surface area contributed by atoms with Gasteiger partial charge in [0.15, 0.2) is 10.8 Å². The molecule has 9 heteroatoms. The number of rotatable bonds is 3. The summed E-state index contributed by atoms with van der Waals surface area (Å²) in [5.74, 6) is -0.550. The molecule has 1 aromatic carbocycles. The lowest BCUT2D eigenvalue weighted by molar-refractivity contribution is 0.0950. The lowest BCUT2D eigenvalue weighted by Crippen LogP contribution is -2.21. The molecule has 0 spiro atoms. The van der Waals surface area contributed by atoms with E-state index in [0.717, 1.165) is 5.56 Å². The summed E-state index contributed by atoms with van der Waals surface area (Å²) in [6.45, 7) is 1.69. The van der Waals surface area contributed by atoms with Crippen LogP contribution in [0.25, 0.3) is 0 Å². The van der Waals surface area contributed by atoms with Crippen molar-refractivity contribution >= 4 is 52.1 Å². The van der Waals surface area contributed by atoms with Gasteiger partial charge in [0.2, 0.25) is 0 Å². The molecular formula is C14H11Cl3N4O2. The summed E-state index contributed by atoms with van der Waals surface area (Å²) in [4.78, 5) is 15.9. The van der Waals surface area contributed by atoms with E-state index in [1.165, 1.54) is 12.1 Å². The number of aromatic hydroxyl groups is 1. The van der Waals surface area contributed by atoms with Crippen molar-refractivity contribution in [3.8, 4) is 5.75 Å². The number of pyridine rings is 1. The Bertz CT molecular complexity index is 792. The summed E-state index contributed by atoms with van der Waals surface area (Å²) < 4.78 is 0. The fourth-order valence-electron chi connectivity index (χ4n) is 1.64. The lowest BCUT2D eigenvalue weighted by atomic mass is 10.1. The second kappa shape index (κ2) is 7.04. The Kier molecular flexibility index (Phi) is 5.30. The maximum Gasteiger partial charge on any atom is 0.291 e. The average Bonchev–Trinajstić information content (AvgIpc) is 2.54. The number of nitrogens with two attached hydrogens (primary N) is 1. The van der Waals surface area contributed by atoms with Gasteiger partial charge in [0.25, 0.3) is 5.91 Å². The minimum Gasteiger partial charge on any atom is -0.508 e. The van der Waals surface area contributed by atoms with Gasteiger partial charge in [0.1, 0.15) is 10.8 Å². The van der Waals surface area contributed by atoms with E-state index in [4.69, 9.17) is 40.5 Å². The van der Waals surface area contributed by atoms with Gasteiger partial charge in [-0.2, -0.15) is 5.10 Å². The SMILES string of the molecule is CC(=NNC(=O)c1nc(Cl)c(Cl)c(N)c1Cl)c1ccc(O)cc1. The standard InChI is InChI=1S/C14H11Cl3N4O2/c1-6(7-2-4-8(22)5-3-7)20-21-14(23)12-9(15)11(18)10(16)13(17)19-12/h2-5,22H,1H3,(H2,18,19)(H,21,23). The second-order valence-electron chi connectivity index (χ2n) is 4.48. The van der Waals surface area contributed by atoms with Crippen LogP contribution in [0.15, 0.2) is 29.4 Å². The van der Waals surface area contributed by atoms with Crippen molar-refractivity contribution in [2.45, 2.75) is 6.92 Å². The molecule has 0 saturated carbocycles. The molecule has 0 bridgehead atoms. The first-order valence-electron chi connectivity index (χ1n) is 6.25. The van der Waals surface area contributed by atoms with E-state index in [-0.39, 0.29) is 32.3 Å². The highest BCUT2D eigenvalue weighted by molar-refractivity contribution is 6.46. The Balaban J connectivity index is 2.23. The number of carbonyl (C=O) groups is 1. The zero-order chi connectivity index (χ0) is 17.1. The predicted molar refractivity (Wildman–Crippen MR) is 91.5 cm³/mol. The van der Waals surface area contributed by atoms with E-state index in [0.29, 0.717) is 5.71 Å². The number of nitrogens with one attached hydrogen (secondary N) is 1. The summed E-state index contributed by atoms with van der Waals surface area (Å²) in [5, 5.41) is 12.9. The highest BCUT2D eigenvalue weighted by atomic mass is 35.5. The first-order chi connectivity index (χ1) is 10.8. The first kappa shape index (κ1) is 17.3. The van der Waals surface area contributed by atoms with Crippen LogP contribution >= 0.6 is 34.8 Å². The molecule has 1 aromatic heterocycles. The monoisotopic (exact) mass is 372 g/mol. The summed E-state index contributed by atoms with van der Waals surface area (Å²) in [6, 6.07) is 6.33. The zero-order valence-corrected chi connectivity index (χ0v) is 14.0. The molecule has 0 atom stereocenters. The van der Waals surface area contributed by atoms with Crippen LogP contribution in [0.3, 0.4) is 0 Å². The highest BCUT2D eigenvalue weighted by Crippen LogP contribution is 2.34. The van der Waals surface area contributed by atoms with Crippen molar-refractivity contribution in [3.05, 3.63) is 50.7 Å². The van der Waals surface area contributed by atoms with Crippen LogP contribution < -0.4 is 11.2 Å². The van der Waals surface area contributed by atoms with E-state index in [9.17, 15) is 9.90 Å². The van der Waals surface area contributed by atoms with Gasteiger partial charge in [-0.3, -0.25) is 4.79 Å². The number of hydrogen-bond acceptors (Lipinski definition) is 5. The Morgan fingerprint density at radius 1 is 1.22 bits per heavy atom. The van der Waals surface area contributed by atoms with Crippen molar-refractivity contribution in [1.82, 2.24) is 10.4 Å². The van der Waals surface area contributed by atoms with E-state index in [2.05, 4.69) is 15.5 Å². The number of phenolic OH excluding ortho intramolecular Hbond substituents is 1. The van der Waals surface area contributed by atoms with Gasteiger partial charge < -0.3 is 10.8 Å². The van der Waals surface area contributed by atoms with Crippen molar-refractivity contribution in [2.24, 2.45) is 5.10 Å². The molecular weight excluding hydrogens is 363 g/mol. The summed E-state index contributed by atoms with van der Waals surface area (Å²) in [6.07, 6.45) is 0.